The minimum absolute atomic E-state index is 0.0888. The Hall–Kier alpha value is -1.60. The Balaban J connectivity index is 1.64. The van der Waals surface area contributed by atoms with E-state index in [2.05, 4.69) is 9.88 Å². The van der Waals surface area contributed by atoms with Crippen molar-refractivity contribution in [1.29, 1.82) is 0 Å². The van der Waals surface area contributed by atoms with Gasteiger partial charge in [0.2, 0.25) is 0 Å². The van der Waals surface area contributed by atoms with Crippen LogP contribution in [-0.4, -0.2) is 58.9 Å². The molecule has 21 heavy (non-hydrogen) atoms. The van der Waals surface area contributed by atoms with Gasteiger partial charge in [-0.2, -0.15) is 0 Å². The number of fused-ring (bicyclic) bond motifs is 1. The second-order valence-corrected chi connectivity index (χ2v) is 5.60. The van der Waals surface area contributed by atoms with Gasteiger partial charge in [0.15, 0.2) is 5.69 Å². The summed E-state index contributed by atoms with van der Waals surface area (Å²) in [6.07, 6.45) is 4.15. The number of hydrogen-bond donors (Lipinski definition) is 1. The second kappa shape index (κ2) is 6.03. The third kappa shape index (κ3) is 2.89. The lowest BCUT2D eigenvalue weighted by molar-refractivity contribution is -0.0549. The van der Waals surface area contributed by atoms with Gasteiger partial charge in [-0.1, -0.05) is 0 Å². The highest BCUT2D eigenvalue weighted by molar-refractivity contribution is 5.92. The molecule has 0 bridgehead atoms. The fourth-order valence-electron chi connectivity index (χ4n) is 3.11. The lowest BCUT2D eigenvalue weighted by Crippen LogP contribution is -2.47. The van der Waals surface area contributed by atoms with Gasteiger partial charge in [0.05, 0.1) is 32.2 Å². The maximum absolute atomic E-state index is 11.7. The summed E-state index contributed by atoms with van der Waals surface area (Å²) >= 11 is 0. The van der Waals surface area contributed by atoms with Gasteiger partial charge in [-0.05, 0) is 26.3 Å². The number of aromatic nitrogens is 2. The summed E-state index contributed by atoms with van der Waals surface area (Å²) in [5.41, 5.74) is 6.18. The van der Waals surface area contributed by atoms with Gasteiger partial charge in [-0.15, -0.1) is 0 Å². The zero-order valence-corrected chi connectivity index (χ0v) is 12.3. The molecule has 2 fully saturated rings. The number of imidazole rings is 1. The van der Waals surface area contributed by atoms with Crippen molar-refractivity contribution in [3.63, 3.8) is 0 Å². The minimum Gasteiger partial charge on any atom is -0.461 e. The van der Waals surface area contributed by atoms with Crippen LogP contribution in [0.4, 0.5) is 5.82 Å². The minimum atomic E-state index is -0.474. The normalized spacial score (nSPS) is 25.8. The zero-order valence-electron chi connectivity index (χ0n) is 12.3. The van der Waals surface area contributed by atoms with Crippen molar-refractivity contribution in [2.45, 2.75) is 38.5 Å². The highest BCUT2D eigenvalue weighted by atomic mass is 16.5. The van der Waals surface area contributed by atoms with E-state index >= 15 is 0 Å². The van der Waals surface area contributed by atoms with E-state index in [1.54, 1.807) is 17.8 Å². The molecule has 116 valence electrons. The number of nitrogen functional groups attached to an aromatic ring is 1. The number of carbonyl (C=O) groups excluding carboxylic acids is 1. The number of rotatable bonds is 4. The van der Waals surface area contributed by atoms with Crippen molar-refractivity contribution in [1.82, 2.24) is 14.5 Å². The SMILES string of the molecule is CCOC(=O)c1ncn(CC2CN3CCCC3CO2)c1N. The third-order valence-corrected chi connectivity index (χ3v) is 4.21. The van der Waals surface area contributed by atoms with Crippen LogP contribution in [-0.2, 0) is 16.0 Å². The smallest absolute Gasteiger partial charge is 0.360 e. The number of anilines is 1. The zero-order chi connectivity index (χ0) is 14.8. The number of nitrogens with zero attached hydrogens (tertiary/aromatic N) is 3. The number of ether oxygens (including phenoxy) is 2. The standard InChI is InChI=1S/C14H22N4O3/c1-2-20-14(19)12-13(15)18(9-16-12)7-11-6-17-5-3-4-10(17)8-21-11/h9-11H,2-8,15H2,1H3. The molecule has 7 heteroatoms. The maximum atomic E-state index is 11.7. The van der Waals surface area contributed by atoms with E-state index in [9.17, 15) is 4.79 Å². The van der Waals surface area contributed by atoms with Gasteiger partial charge >= 0.3 is 5.97 Å². The molecule has 2 N–H and O–H groups in total. The molecule has 3 rings (SSSR count). The molecule has 2 atom stereocenters. The summed E-state index contributed by atoms with van der Waals surface area (Å²) in [5, 5.41) is 0. The van der Waals surface area contributed by atoms with Gasteiger partial charge in [0.1, 0.15) is 5.82 Å². The summed E-state index contributed by atoms with van der Waals surface area (Å²) < 4.78 is 12.6. The fraction of sp³-hybridized carbons (Fsp3) is 0.714. The van der Waals surface area contributed by atoms with Crippen LogP contribution < -0.4 is 5.73 Å². The van der Waals surface area contributed by atoms with Gasteiger partial charge in [-0.25, -0.2) is 9.78 Å². The van der Waals surface area contributed by atoms with Crippen molar-refractivity contribution < 1.29 is 14.3 Å². The molecular weight excluding hydrogens is 272 g/mol. The first-order valence-corrected chi connectivity index (χ1v) is 7.52. The van der Waals surface area contributed by atoms with E-state index in [0.717, 1.165) is 19.7 Å². The Morgan fingerprint density at radius 3 is 3.29 bits per heavy atom. The summed E-state index contributed by atoms with van der Waals surface area (Å²) in [6.45, 7) is 5.53. The number of esters is 1. The number of hydrogen-bond acceptors (Lipinski definition) is 6. The Kier molecular flexibility index (Phi) is 4.12. The van der Waals surface area contributed by atoms with Crippen molar-refractivity contribution >= 4 is 11.8 Å². The molecule has 0 radical (unpaired) electrons. The van der Waals surface area contributed by atoms with Crippen LogP contribution in [0.2, 0.25) is 0 Å². The summed E-state index contributed by atoms with van der Waals surface area (Å²) in [5.74, 6) is -0.126. The van der Waals surface area contributed by atoms with E-state index < -0.39 is 5.97 Å². The Bertz CT molecular complexity index is 516. The van der Waals surface area contributed by atoms with E-state index in [1.165, 1.54) is 12.8 Å². The number of morpholine rings is 1. The highest BCUT2D eigenvalue weighted by Crippen LogP contribution is 2.24. The van der Waals surface area contributed by atoms with Crippen LogP contribution in [0.5, 0.6) is 0 Å². The Morgan fingerprint density at radius 2 is 2.48 bits per heavy atom. The molecule has 3 heterocycles. The molecule has 2 aliphatic heterocycles. The van der Waals surface area contributed by atoms with Gasteiger partial charge in [0.25, 0.3) is 0 Å². The Labute approximate surface area is 124 Å². The van der Waals surface area contributed by atoms with Crippen LogP contribution in [0.15, 0.2) is 6.33 Å². The van der Waals surface area contributed by atoms with Crippen molar-refractivity contribution in [3.8, 4) is 0 Å². The van der Waals surface area contributed by atoms with Crippen LogP contribution in [0.1, 0.15) is 30.3 Å². The first kappa shape index (κ1) is 14.3. The average molecular weight is 294 g/mol. The number of carbonyl (C=O) groups is 1. The van der Waals surface area contributed by atoms with E-state index in [4.69, 9.17) is 15.2 Å². The van der Waals surface area contributed by atoms with Crippen molar-refractivity contribution in [2.75, 3.05) is 32.0 Å². The van der Waals surface area contributed by atoms with Crippen molar-refractivity contribution in [2.24, 2.45) is 0 Å². The van der Waals surface area contributed by atoms with Crippen LogP contribution in [0, 0.1) is 0 Å². The van der Waals surface area contributed by atoms with Crippen LogP contribution in [0.25, 0.3) is 0 Å². The molecule has 0 saturated carbocycles. The van der Waals surface area contributed by atoms with E-state index in [1.807, 2.05) is 0 Å². The molecule has 0 amide bonds. The largest absolute Gasteiger partial charge is 0.461 e. The summed E-state index contributed by atoms with van der Waals surface area (Å²) in [6, 6.07) is 0.580. The summed E-state index contributed by atoms with van der Waals surface area (Å²) in [7, 11) is 0. The number of nitrogens with two attached hydrogens (primary N) is 1. The average Bonchev–Trinajstić information content (AvgIpc) is 3.06. The molecule has 7 nitrogen and oxygen atoms in total. The molecule has 2 saturated heterocycles. The second-order valence-electron chi connectivity index (χ2n) is 5.60. The molecule has 2 aliphatic rings. The fourth-order valence-corrected chi connectivity index (χ4v) is 3.11. The van der Waals surface area contributed by atoms with Crippen LogP contribution >= 0.6 is 0 Å². The van der Waals surface area contributed by atoms with Crippen LogP contribution in [0.3, 0.4) is 0 Å². The molecule has 0 spiro atoms. The highest BCUT2D eigenvalue weighted by Gasteiger charge is 2.32. The predicted molar refractivity (Wildman–Crippen MR) is 76.9 cm³/mol. The molecule has 1 aromatic rings. The van der Waals surface area contributed by atoms with E-state index in [0.29, 0.717) is 25.0 Å². The van der Waals surface area contributed by atoms with Gasteiger partial charge < -0.3 is 19.8 Å². The first-order chi connectivity index (χ1) is 10.2. The first-order valence-electron chi connectivity index (χ1n) is 7.52. The quantitative estimate of drug-likeness (QED) is 0.815. The van der Waals surface area contributed by atoms with Gasteiger partial charge in [0, 0.05) is 12.6 Å². The molecule has 0 aromatic carbocycles. The maximum Gasteiger partial charge on any atom is 0.360 e. The lowest BCUT2D eigenvalue weighted by atomic mass is 10.2. The topological polar surface area (TPSA) is 82.6 Å². The monoisotopic (exact) mass is 294 g/mol. The molecular formula is C14H22N4O3. The van der Waals surface area contributed by atoms with E-state index in [-0.39, 0.29) is 11.8 Å². The van der Waals surface area contributed by atoms with Gasteiger partial charge in [-0.3, -0.25) is 4.90 Å². The lowest BCUT2D eigenvalue weighted by Gasteiger charge is -2.35. The molecule has 0 aliphatic carbocycles. The third-order valence-electron chi connectivity index (χ3n) is 4.21. The molecule has 1 aromatic heterocycles. The molecule has 2 unspecified atom stereocenters. The summed E-state index contributed by atoms with van der Waals surface area (Å²) in [4.78, 5) is 18.2. The predicted octanol–water partition coefficient (Wildman–Crippen LogP) is 0.505. The van der Waals surface area contributed by atoms with Crippen molar-refractivity contribution in [3.05, 3.63) is 12.0 Å². The Morgan fingerprint density at radius 1 is 1.62 bits per heavy atom.